The van der Waals surface area contributed by atoms with Gasteiger partial charge in [-0.1, -0.05) is 37.3 Å². The number of benzene rings is 1. The summed E-state index contributed by atoms with van der Waals surface area (Å²) in [5, 5.41) is 3.47. The summed E-state index contributed by atoms with van der Waals surface area (Å²) < 4.78 is 0. The first-order valence-corrected chi connectivity index (χ1v) is 5.67. The van der Waals surface area contributed by atoms with Crippen molar-refractivity contribution >= 4 is 0 Å². The molecule has 15 heavy (non-hydrogen) atoms. The molecular formula is C13H22N2. The van der Waals surface area contributed by atoms with Gasteiger partial charge in [0.15, 0.2) is 0 Å². The fraction of sp³-hybridized carbons (Fsp3) is 0.538. The maximum Gasteiger partial charge on any atom is 0.0466 e. The maximum absolute atomic E-state index is 3.47. The first-order chi connectivity index (χ1) is 7.25. The van der Waals surface area contributed by atoms with E-state index in [1.165, 1.54) is 12.0 Å². The Morgan fingerprint density at radius 1 is 1.20 bits per heavy atom. The van der Waals surface area contributed by atoms with Crippen LogP contribution in [0.4, 0.5) is 0 Å². The zero-order valence-corrected chi connectivity index (χ0v) is 10.0. The van der Waals surface area contributed by atoms with Crippen LogP contribution >= 0.6 is 0 Å². The average molecular weight is 206 g/mol. The monoisotopic (exact) mass is 206 g/mol. The molecule has 1 N–H and O–H groups in total. The Labute approximate surface area is 93.3 Å². The summed E-state index contributed by atoms with van der Waals surface area (Å²) in [7, 11) is 4.26. The molecule has 1 rings (SSSR count). The third kappa shape index (κ3) is 4.02. The van der Waals surface area contributed by atoms with Crippen molar-refractivity contribution in [2.24, 2.45) is 0 Å². The molecule has 0 bridgehead atoms. The third-order valence-electron chi connectivity index (χ3n) is 2.57. The summed E-state index contributed by atoms with van der Waals surface area (Å²) in [6.45, 7) is 4.31. The van der Waals surface area contributed by atoms with Crippen LogP contribution in [0.15, 0.2) is 30.3 Å². The number of nitrogens with zero attached hydrogens (tertiary/aromatic N) is 1. The molecule has 0 aliphatic heterocycles. The first-order valence-electron chi connectivity index (χ1n) is 5.67. The molecule has 0 aliphatic rings. The SMILES string of the molecule is CCCNCC(c1ccccc1)N(C)C. The van der Waals surface area contributed by atoms with E-state index in [1.807, 2.05) is 0 Å². The smallest absolute Gasteiger partial charge is 0.0466 e. The average Bonchev–Trinajstić information content (AvgIpc) is 2.25. The Hall–Kier alpha value is -0.860. The normalized spacial score (nSPS) is 13.1. The Morgan fingerprint density at radius 3 is 2.40 bits per heavy atom. The Kier molecular flexibility index (Phi) is 5.37. The number of nitrogens with one attached hydrogen (secondary N) is 1. The lowest BCUT2D eigenvalue weighted by Gasteiger charge is -2.25. The summed E-state index contributed by atoms with van der Waals surface area (Å²) in [5.74, 6) is 0. The van der Waals surface area contributed by atoms with Gasteiger partial charge in [-0.3, -0.25) is 0 Å². The molecule has 0 radical (unpaired) electrons. The Morgan fingerprint density at radius 2 is 1.87 bits per heavy atom. The van der Waals surface area contributed by atoms with Gasteiger partial charge in [-0.25, -0.2) is 0 Å². The molecule has 1 atom stereocenters. The number of likely N-dealkylation sites (N-methyl/N-ethyl adjacent to an activating group) is 1. The molecule has 1 aromatic carbocycles. The van der Waals surface area contributed by atoms with Crippen molar-refractivity contribution in [3.8, 4) is 0 Å². The van der Waals surface area contributed by atoms with Gasteiger partial charge in [-0.15, -0.1) is 0 Å². The highest BCUT2D eigenvalue weighted by molar-refractivity contribution is 5.19. The van der Waals surface area contributed by atoms with E-state index >= 15 is 0 Å². The predicted molar refractivity (Wildman–Crippen MR) is 66.0 cm³/mol. The molecule has 0 heterocycles. The van der Waals surface area contributed by atoms with Crippen LogP contribution in [0.3, 0.4) is 0 Å². The van der Waals surface area contributed by atoms with Gasteiger partial charge in [0.2, 0.25) is 0 Å². The summed E-state index contributed by atoms with van der Waals surface area (Å²) in [6, 6.07) is 11.1. The van der Waals surface area contributed by atoms with Crippen LogP contribution in [0.5, 0.6) is 0 Å². The summed E-state index contributed by atoms with van der Waals surface area (Å²) in [4.78, 5) is 2.26. The molecule has 2 heteroatoms. The van der Waals surface area contributed by atoms with Gasteiger partial charge in [0.1, 0.15) is 0 Å². The fourth-order valence-electron chi connectivity index (χ4n) is 1.69. The molecule has 0 spiro atoms. The van der Waals surface area contributed by atoms with Crippen molar-refractivity contribution in [3.05, 3.63) is 35.9 Å². The Bertz CT molecular complexity index is 256. The Balaban J connectivity index is 2.58. The van der Waals surface area contributed by atoms with E-state index in [4.69, 9.17) is 0 Å². The van der Waals surface area contributed by atoms with Crippen LogP contribution in [-0.4, -0.2) is 32.1 Å². The molecule has 1 unspecified atom stereocenters. The molecule has 0 saturated heterocycles. The van der Waals surface area contributed by atoms with Gasteiger partial charge in [0.25, 0.3) is 0 Å². The van der Waals surface area contributed by atoms with Crippen LogP contribution in [-0.2, 0) is 0 Å². The molecule has 84 valence electrons. The van der Waals surface area contributed by atoms with Gasteiger partial charge in [-0.2, -0.15) is 0 Å². The summed E-state index contributed by atoms with van der Waals surface area (Å²) in [5.41, 5.74) is 1.38. The van der Waals surface area contributed by atoms with Crippen LogP contribution in [0.2, 0.25) is 0 Å². The van der Waals surface area contributed by atoms with Gasteiger partial charge < -0.3 is 10.2 Å². The summed E-state index contributed by atoms with van der Waals surface area (Å²) in [6.07, 6.45) is 1.19. The van der Waals surface area contributed by atoms with Gasteiger partial charge in [0.05, 0.1) is 0 Å². The van der Waals surface area contributed by atoms with E-state index in [9.17, 15) is 0 Å². The van der Waals surface area contributed by atoms with Crippen molar-refractivity contribution in [3.63, 3.8) is 0 Å². The van der Waals surface area contributed by atoms with Gasteiger partial charge >= 0.3 is 0 Å². The number of hydrogen-bond acceptors (Lipinski definition) is 2. The van der Waals surface area contributed by atoms with E-state index in [0.29, 0.717) is 6.04 Å². The third-order valence-corrected chi connectivity index (χ3v) is 2.57. The van der Waals surface area contributed by atoms with E-state index in [1.54, 1.807) is 0 Å². The molecule has 0 aromatic heterocycles. The highest BCUT2D eigenvalue weighted by atomic mass is 15.1. The van der Waals surface area contributed by atoms with Crippen molar-refractivity contribution in [2.45, 2.75) is 19.4 Å². The highest BCUT2D eigenvalue weighted by Crippen LogP contribution is 2.16. The molecule has 1 aromatic rings. The van der Waals surface area contributed by atoms with E-state index in [0.717, 1.165) is 13.1 Å². The second-order valence-corrected chi connectivity index (χ2v) is 4.09. The minimum atomic E-state index is 0.470. The lowest BCUT2D eigenvalue weighted by molar-refractivity contribution is 0.289. The maximum atomic E-state index is 3.47. The molecule has 2 nitrogen and oxygen atoms in total. The zero-order chi connectivity index (χ0) is 11.1. The molecule has 0 saturated carbocycles. The second kappa shape index (κ2) is 6.59. The van der Waals surface area contributed by atoms with E-state index in [-0.39, 0.29) is 0 Å². The van der Waals surface area contributed by atoms with E-state index in [2.05, 4.69) is 61.6 Å². The van der Waals surface area contributed by atoms with Crippen molar-refractivity contribution in [1.29, 1.82) is 0 Å². The van der Waals surface area contributed by atoms with Crippen LogP contribution in [0.25, 0.3) is 0 Å². The predicted octanol–water partition coefficient (Wildman–Crippen LogP) is 2.29. The first kappa shape index (κ1) is 12.2. The van der Waals surface area contributed by atoms with Crippen molar-refractivity contribution in [1.82, 2.24) is 10.2 Å². The van der Waals surface area contributed by atoms with Crippen molar-refractivity contribution < 1.29 is 0 Å². The van der Waals surface area contributed by atoms with Crippen LogP contribution < -0.4 is 5.32 Å². The van der Waals surface area contributed by atoms with Crippen molar-refractivity contribution in [2.75, 3.05) is 27.2 Å². The second-order valence-electron chi connectivity index (χ2n) is 4.09. The zero-order valence-electron chi connectivity index (χ0n) is 10.0. The molecule has 0 amide bonds. The lowest BCUT2D eigenvalue weighted by Crippen LogP contribution is -2.31. The lowest BCUT2D eigenvalue weighted by atomic mass is 10.1. The molecular weight excluding hydrogens is 184 g/mol. The van der Waals surface area contributed by atoms with Crippen LogP contribution in [0, 0.1) is 0 Å². The molecule has 0 fully saturated rings. The topological polar surface area (TPSA) is 15.3 Å². The largest absolute Gasteiger partial charge is 0.315 e. The quantitative estimate of drug-likeness (QED) is 0.718. The minimum Gasteiger partial charge on any atom is -0.315 e. The highest BCUT2D eigenvalue weighted by Gasteiger charge is 2.12. The van der Waals surface area contributed by atoms with Gasteiger partial charge in [-0.05, 0) is 32.6 Å². The van der Waals surface area contributed by atoms with E-state index < -0.39 is 0 Å². The fourth-order valence-corrected chi connectivity index (χ4v) is 1.69. The minimum absolute atomic E-state index is 0.470. The number of rotatable bonds is 6. The standard InChI is InChI=1S/C13H22N2/c1-4-10-14-11-13(15(2)3)12-8-6-5-7-9-12/h5-9,13-14H,4,10-11H2,1-3H3. The number of hydrogen-bond donors (Lipinski definition) is 1. The van der Waals surface area contributed by atoms with Gasteiger partial charge in [0, 0.05) is 12.6 Å². The van der Waals surface area contributed by atoms with Crippen LogP contribution in [0.1, 0.15) is 24.9 Å². The summed E-state index contributed by atoms with van der Waals surface area (Å²) >= 11 is 0. The molecule has 0 aliphatic carbocycles.